The Hall–Kier alpha value is -1.69. The van der Waals surface area contributed by atoms with Gasteiger partial charge in [-0.1, -0.05) is 30.3 Å². The van der Waals surface area contributed by atoms with Crippen LogP contribution in [-0.4, -0.2) is 26.8 Å². The Morgan fingerprint density at radius 1 is 0.957 bits per heavy atom. The van der Waals surface area contributed by atoms with Gasteiger partial charge in [-0.05, 0) is 48.2 Å². The third-order valence-corrected chi connectivity index (χ3v) is 5.89. The summed E-state index contributed by atoms with van der Waals surface area (Å²) in [4.78, 5) is 0.320. The fourth-order valence-corrected chi connectivity index (χ4v) is 3.24. The second kappa shape index (κ2) is 7.25. The van der Waals surface area contributed by atoms with E-state index in [1.165, 1.54) is 35.1 Å². The molecule has 5 heteroatoms. The molecule has 0 saturated carbocycles. The van der Waals surface area contributed by atoms with E-state index in [-0.39, 0.29) is 0 Å². The average Bonchev–Trinajstić information content (AvgIpc) is 2.52. The zero-order valence-corrected chi connectivity index (χ0v) is 14.9. The molecule has 0 aliphatic heterocycles. The first-order valence-corrected chi connectivity index (χ1v) is 9.03. The molecule has 0 aromatic heterocycles. The maximum atomic E-state index is 12.0. The van der Waals surface area contributed by atoms with Crippen LogP contribution >= 0.6 is 0 Å². The van der Waals surface area contributed by atoms with Gasteiger partial charge in [-0.3, -0.25) is 0 Å². The summed E-state index contributed by atoms with van der Waals surface area (Å²) in [5.74, 6) is 0. The molecule has 0 aliphatic rings. The van der Waals surface area contributed by atoms with Crippen molar-refractivity contribution in [2.24, 2.45) is 0 Å². The lowest BCUT2D eigenvalue weighted by Crippen LogP contribution is -2.22. The normalized spacial score (nSPS) is 11.9. The molecule has 0 saturated heterocycles. The summed E-state index contributed by atoms with van der Waals surface area (Å²) < 4.78 is 25.3. The minimum Gasteiger partial charge on any atom is -0.309 e. The molecule has 124 valence electrons. The topological polar surface area (TPSA) is 49.4 Å². The van der Waals surface area contributed by atoms with Crippen LogP contribution in [0.2, 0.25) is 0 Å². The van der Waals surface area contributed by atoms with E-state index in [9.17, 15) is 8.42 Å². The molecule has 0 fully saturated rings. The third kappa shape index (κ3) is 4.19. The largest absolute Gasteiger partial charge is 0.309 e. The van der Waals surface area contributed by atoms with Gasteiger partial charge in [0.15, 0.2) is 0 Å². The van der Waals surface area contributed by atoms with Gasteiger partial charge in [0.2, 0.25) is 10.0 Å². The predicted octanol–water partition coefficient (Wildman–Crippen LogP) is 2.84. The molecule has 0 spiro atoms. The van der Waals surface area contributed by atoms with Crippen LogP contribution < -0.4 is 5.32 Å². The number of aryl methyl sites for hydroxylation is 1. The van der Waals surface area contributed by atoms with Crippen molar-refractivity contribution in [2.45, 2.75) is 31.8 Å². The molecule has 0 unspecified atom stereocenters. The van der Waals surface area contributed by atoms with Gasteiger partial charge in [0, 0.05) is 27.2 Å². The van der Waals surface area contributed by atoms with Crippen molar-refractivity contribution in [3.63, 3.8) is 0 Å². The summed E-state index contributed by atoms with van der Waals surface area (Å²) in [6, 6.07) is 13.3. The van der Waals surface area contributed by atoms with Crippen LogP contribution in [0.3, 0.4) is 0 Å². The summed E-state index contributed by atoms with van der Waals surface area (Å²) in [5.41, 5.74) is 4.96. The second-order valence-corrected chi connectivity index (χ2v) is 8.05. The summed E-state index contributed by atoms with van der Waals surface area (Å²) in [5, 5.41) is 3.41. The van der Waals surface area contributed by atoms with E-state index in [0.29, 0.717) is 11.4 Å². The molecular weight excluding hydrogens is 308 g/mol. The highest BCUT2D eigenvalue weighted by Gasteiger charge is 2.16. The minimum atomic E-state index is -3.35. The highest BCUT2D eigenvalue weighted by Crippen LogP contribution is 2.15. The zero-order valence-electron chi connectivity index (χ0n) is 14.1. The standard InChI is InChI=1S/C18H24N2O2S/c1-14-6-5-7-17(15(14)2)13-19-12-16-8-10-18(11-9-16)23(21,22)20(3)4/h5-11,19H,12-13H2,1-4H3. The first-order chi connectivity index (χ1) is 10.8. The van der Waals surface area contributed by atoms with Gasteiger partial charge in [0.25, 0.3) is 0 Å². The Kier molecular flexibility index (Phi) is 5.57. The van der Waals surface area contributed by atoms with E-state index >= 15 is 0 Å². The Morgan fingerprint density at radius 2 is 1.61 bits per heavy atom. The maximum Gasteiger partial charge on any atom is 0.242 e. The fourth-order valence-electron chi connectivity index (χ4n) is 2.33. The summed E-state index contributed by atoms with van der Waals surface area (Å²) >= 11 is 0. The van der Waals surface area contributed by atoms with Crippen molar-refractivity contribution in [2.75, 3.05) is 14.1 Å². The van der Waals surface area contributed by atoms with E-state index < -0.39 is 10.0 Å². The van der Waals surface area contributed by atoms with Crippen LogP contribution in [0.5, 0.6) is 0 Å². The van der Waals surface area contributed by atoms with Gasteiger partial charge < -0.3 is 5.32 Å². The Labute approximate surface area is 139 Å². The van der Waals surface area contributed by atoms with Gasteiger partial charge in [0.05, 0.1) is 4.90 Å². The van der Waals surface area contributed by atoms with Gasteiger partial charge in [-0.15, -0.1) is 0 Å². The van der Waals surface area contributed by atoms with E-state index in [1.54, 1.807) is 12.1 Å². The van der Waals surface area contributed by atoms with E-state index in [4.69, 9.17) is 0 Å². The smallest absolute Gasteiger partial charge is 0.242 e. The molecule has 2 aromatic carbocycles. The van der Waals surface area contributed by atoms with Crippen LogP contribution in [0.25, 0.3) is 0 Å². The minimum absolute atomic E-state index is 0.320. The lowest BCUT2D eigenvalue weighted by Gasteiger charge is -2.12. The quantitative estimate of drug-likeness (QED) is 0.885. The van der Waals surface area contributed by atoms with Crippen LogP contribution in [0.15, 0.2) is 47.4 Å². The highest BCUT2D eigenvalue weighted by molar-refractivity contribution is 7.89. The van der Waals surface area contributed by atoms with Gasteiger partial charge in [-0.25, -0.2) is 12.7 Å². The van der Waals surface area contributed by atoms with Gasteiger partial charge in [0.1, 0.15) is 0 Å². The summed E-state index contributed by atoms with van der Waals surface area (Å²) in [7, 11) is -0.281. The number of hydrogen-bond donors (Lipinski definition) is 1. The number of sulfonamides is 1. The second-order valence-electron chi connectivity index (χ2n) is 5.89. The Morgan fingerprint density at radius 3 is 2.22 bits per heavy atom. The average molecular weight is 332 g/mol. The van der Waals surface area contributed by atoms with Crippen molar-refractivity contribution in [3.8, 4) is 0 Å². The van der Waals surface area contributed by atoms with Crippen molar-refractivity contribution in [1.82, 2.24) is 9.62 Å². The molecule has 0 heterocycles. The number of hydrogen-bond acceptors (Lipinski definition) is 3. The molecule has 4 nitrogen and oxygen atoms in total. The van der Waals surface area contributed by atoms with E-state index in [2.05, 4.69) is 37.4 Å². The third-order valence-electron chi connectivity index (χ3n) is 4.06. The predicted molar refractivity (Wildman–Crippen MR) is 93.8 cm³/mol. The van der Waals surface area contributed by atoms with Crippen molar-refractivity contribution < 1.29 is 8.42 Å². The lowest BCUT2D eigenvalue weighted by atomic mass is 10.0. The van der Waals surface area contributed by atoms with Gasteiger partial charge in [-0.2, -0.15) is 0 Å². The number of benzene rings is 2. The zero-order chi connectivity index (χ0) is 17.0. The van der Waals surface area contributed by atoms with Crippen LogP contribution in [0, 0.1) is 13.8 Å². The van der Waals surface area contributed by atoms with Crippen molar-refractivity contribution >= 4 is 10.0 Å². The Bertz CT molecular complexity index is 766. The van der Waals surface area contributed by atoms with Crippen LogP contribution in [-0.2, 0) is 23.1 Å². The van der Waals surface area contributed by atoms with Crippen molar-refractivity contribution in [3.05, 3.63) is 64.7 Å². The van der Waals surface area contributed by atoms with E-state index in [0.717, 1.165) is 12.1 Å². The molecule has 0 bridgehead atoms. The Balaban J connectivity index is 1.98. The number of rotatable bonds is 6. The molecular formula is C18H24N2O2S. The number of nitrogens with zero attached hydrogens (tertiary/aromatic N) is 1. The molecule has 0 atom stereocenters. The highest BCUT2D eigenvalue weighted by atomic mass is 32.2. The summed E-state index contributed by atoms with van der Waals surface area (Å²) in [6.45, 7) is 5.75. The number of nitrogens with one attached hydrogen (secondary N) is 1. The molecule has 1 N–H and O–H groups in total. The molecule has 2 aromatic rings. The SMILES string of the molecule is Cc1cccc(CNCc2ccc(S(=O)(=O)N(C)C)cc2)c1C. The first-order valence-electron chi connectivity index (χ1n) is 7.59. The molecule has 0 aliphatic carbocycles. The van der Waals surface area contributed by atoms with Crippen LogP contribution in [0.1, 0.15) is 22.3 Å². The summed E-state index contributed by atoms with van der Waals surface area (Å²) in [6.07, 6.45) is 0. The molecule has 2 rings (SSSR count). The van der Waals surface area contributed by atoms with Crippen LogP contribution in [0.4, 0.5) is 0 Å². The van der Waals surface area contributed by atoms with Crippen molar-refractivity contribution in [1.29, 1.82) is 0 Å². The maximum absolute atomic E-state index is 12.0. The molecule has 0 amide bonds. The van der Waals surface area contributed by atoms with E-state index in [1.807, 2.05) is 12.1 Å². The first kappa shape index (κ1) is 17.7. The van der Waals surface area contributed by atoms with Gasteiger partial charge >= 0.3 is 0 Å². The fraction of sp³-hybridized carbons (Fsp3) is 0.333. The molecule has 0 radical (unpaired) electrons. The molecule has 23 heavy (non-hydrogen) atoms. The monoisotopic (exact) mass is 332 g/mol. The lowest BCUT2D eigenvalue weighted by molar-refractivity contribution is 0.520.